The summed E-state index contributed by atoms with van der Waals surface area (Å²) in [5.74, 6) is -0.962. The third-order valence-electron chi connectivity index (χ3n) is 3.63. The van der Waals surface area contributed by atoms with E-state index in [4.69, 9.17) is 14.9 Å². The van der Waals surface area contributed by atoms with Gasteiger partial charge in [0.15, 0.2) is 0 Å². The average Bonchev–Trinajstić information content (AvgIpc) is 2.49. The maximum atomic E-state index is 12.2. The van der Waals surface area contributed by atoms with Gasteiger partial charge in [0.25, 0.3) is 0 Å². The smallest absolute Gasteiger partial charge is 0.329 e. The summed E-state index contributed by atoms with van der Waals surface area (Å²) in [4.78, 5) is 26.1. The molecule has 1 fully saturated rings. The van der Waals surface area contributed by atoms with Gasteiger partial charge >= 0.3 is 12.0 Å². The number of aliphatic hydroxyl groups excluding tert-OH is 1. The lowest BCUT2D eigenvalue weighted by atomic mass is 10.1. The Bertz CT molecular complexity index is 329. The number of carbonyl (C=O) groups excluding carboxylic acids is 1. The molecule has 7 nitrogen and oxygen atoms in total. The van der Waals surface area contributed by atoms with Crippen molar-refractivity contribution in [1.29, 1.82) is 0 Å². The summed E-state index contributed by atoms with van der Waals surface area (Å²) in [5.41, 5.74) is 0. The molecule has 21 heavy (non-hydrogen) atoms. The van der Waals surface area contributed by atoms with E-state index >= 15 is 0 Å². The number of hydrogen-bond acceptors (Lipinski definition) is 4. The number of carboxylic acid groups (broad SMARTS) is 1. The Morgan fingerprint density at radius 3 is 2.48 bits per heavy atom. The van der Waals surface area contributed by atoms with Crippen molar-refractivity contribution >= 4 is 12.0 Å². The maximum absolute atomic E-state index is 12.2. The number of piperidine rings is 1. The van der Waals surface area contributed by atoms with E-state index in [9.17, 15) is 9.59 Å². The predicted octanol–water partition coefficient (Wildman–Crippen LogP) is 0.766. The number of nitrogens with zero attached hydrogens (tertiary/aromatic N) is 2. The molecule has 0 unspecified atom stereocenters. The van der Waals surface area contributed by atoms with Gasteiger partial charge in [-0.3, -0.25) is 0 Å². The highest BCUT2D eigenvalue weighted by Crippen LogP contribution is 2.15. The van der Waals surface area contributed by atoms with Crippen LogP contribution in [0.1, 0.15) is 32.1 Å². The zero-order valence-electron chi connectivity index (χ0n) is 12.7. The van der Waals surface area contributed by atoms with Crippen molar-refractivity contribution in [2.75, 3.05) is 39.9 Å². The lowest BCUT2D eigenvalue weighted by Crippen LogP contribution is -2.47. The van der Waals surface area contributed by atoms with Gasteiger partial charge in [0.2, 0.25) is 0 Å². The van der Waals surface area contributed by atoms with Crippen molar-refractivity contribution in [2.45, 2.75) is 38.2 Å². The topological polar surface area (TPSA) is 90.3 Å². The molecule has 0 spiro atoms. The van der Waals surface area contributed by atoms with E-state index < -0.39 is 5.97 Å². The lowest BCUT2D eigenvalue weighted by molar-refractivity contribution is -0.145. The number of likely N-dealkylation sites (tertiary alicyclic amines) is 1. The summed E-state index contributed by atoms with van der Waals surface area (Å²) in [6.07, 6.45) is 3.86. The number of urea groups is 1. The highest BCUT2D eigenvalue weighted by molar-refractivity contribution is 5.74. The Labute approximate surface area is 125 Å². The normalized spacial score (nSPS) is 16.0. The number of ether oxygens (including phenoxy) is 1. The summed E-state index contributed by atoms with van der Waals surface area (Å²) in [6.45, 7) is 1.81. The van der Waals surface area contributed by atoms with Crippen LogP contribution >= 0.6 is 0 Å². The molecule has 0 bridgehead atoms. The largest absolute Gasteiger partial charge is 0.480 e. The highest BCUT2D eigenvalue weighted by Gasteiger charge is 2.25. The lowest BCUT2D eigenvalue weighted by Gasteiger charge is -2.34. The van der Waals surface area contributed by atoms with Gasteiger partial charge in [0.1, 0.15) is 6.61 Å². The van der Waals surface area contributed by atoms with E-state index in [-0.39, 0.29) is 25.3 Å². The number of amides is 2. The van der Waals surface area contributed by atoms with Crippen LogP contribution in [0.25, 0.3) is 0 Å². The Kier molecular flexibility index (Phi) is 8.07. The first kappa shape index (κ1) is 17.7. The van der Waals surface area contributed by atoms with Crippen molar-refractivity contribution < 1.29 is 24.5 Å². The van der Waals surface area contributed by atoms with Gasteiger partial charge in [-0.15, -0.1) is 0 Å². The van der Waals surface area contributed by atoms with Gasteiger partial charge in [-0.05, 0) is 32.1 Å². The minimum Gasteiger partial charge on any atom is -0.480 e. The van der Waals surface area contributed by atoms with Gasteiger partial charge in [-0.2, -0.15) is 0 Å². The first-order valence-electron chi connectivity index (χ1n) is 7.49. The van der Waals surface area contributed by atoms with E-state index in [1.54, 1.807) is 16.8 Å². The minimum atomic E-state index is -0.962. The van der Waals surface area contributed by atoms with Gasteiger partial charge in [-0.25, -0.2) is 9.59 Å². The molecule has 1 aliphatic rings. The molecule has 7 heteroatoms. The molecule has 0 saturated carbocycles. The number of rotatable bonds is 8. The zero-order chi connectivity index (χ0) is 15.7. The molecule has 0 aromatic rings. The minimum absolute atomic E-state index is 0.00989. The number of unbranched alkanes of at least 4 members (excludes halogenated alkanes) is 2. The predicted molar refractivity (Wildman–Crippen MR) is 77.1 cm³/mol. The van der Waals surface area contributed by atoms with Crippen LogP contribution in [-0.2, 0) is 9.53 Å². The second-order valence-electron chi connectivity index (χ2n) is 5.38. The Morgan fingerprint density at radius 1 is 1.24 bits per heavy atom. The fourth-order valence-corrected chi connectivity index (χ4v) is 2.38. The second-order valence-corrected chi connectivity index (χ2v) is 5.38. The van der Waals surface area contributed by atoms with Gasteiger partial charge in [0, 0.05) is 33.3 Å². The van der Waals surface area contributed by atoms with Crippen LogP contribution in [-0.4, -0.2) is 78.0 Å². The third-order valence-corrected chi connectivity index (χ3v) is 3.63. The van der Waals surface area contributed by atoms with Crippen LogP contribution in [0.15, 0.2) is 0 Å². The Morgan fingerprint density at radius 2 is 1.90 bits per heavy atom. The van der Waals surface area contributed by atoms with E-state index in [1.807, 2.05) is 0 Å². The SMILES string of the molecule is CN(CCCCCO)C(=O)N1CCC(OCC(=O)O)CC1. The van der Waals surface area contributed by atoms with Crippen molar-refractivity contribution in [1.82, 2.24) is 9.80 Å². The van der Waals surface area contributed by atoms with Crippen molar-refractivity contribution in [3.8, 4) is 0 Å². The molecule has 1 saturated heterocycles. The molecule has 0 aromatic carbocycles. The van der Waals surface area contributed by atoms with E-state index in [2.05, 4.69) is 0 Å². The molecule has 2 N–H and O–H groups in total. The van der Waals surface area contributed by atoms with Crippen molar-refractivity contribution in [3.05, 3.63) is 0 Å². The number of aliphatic hydroxyl groups is 1. The van der Waals surface area contributed by atoms with Crippen LogP contribution in [0.5, 0.6) is 0 Å². The fourth-order valence-electron chi connectivity index (χ4n) is 2.38. The molecule has 0 aromatic heterocycles. The molecule has 1 aliphatic heterocycles. The summed E-state index contributed by atoms with van der Waals surface area (Å²) >= 11 is 0. The molecule has 2 amide bonds. The molecule has 1 heterocycles. The number of carbonyl (C=O) groups is 2. The first-order chi connectivity index (χ1) is 10.0. The van der Waals surface area contributed by atoms with Crippen LogP contribution < -0.4 is 0 Å². The van der Waals surface area contributed by atoms with Gasteiger partial charge in [-0.1, -0.05) is 0 Å². The van der Waals surface area contributed by atoms with E-state index in [0.717, 1.165) is 19.3 Å². The van der Waals surface area contributed by atoms with Crippen LogP contribution in [0.2, 0.25) is 0 Å². The zero-order valence-corrected chi connectivity index (χ0v) is 12.7. The summed E-state index contributed by atoms with van der Waals surface area (Å²) in [5, 5.41) is 17.3. The molecule has 0 radical (unpaired) electrons. The molecular formula is C14H26N2O5. The molecular weight excluding hydrogens is 276 g/mol. The number of carboxylic acids is 1. The Hall–Kier alpha value is -1.34. The molecule has 122 valence electrons. The highest BCUT2D eigenvalue weighted by atomic mass is 16.5. The van der Waals surface area contributed by atoms with Crippen LogP contribution in [0.3, 0.4) is 0 Å². The molecule has 1 rings (SSSR count). The fraction of sp³-hybridized carbons (Fsp3) is 0.857. The molecule has 0 aliphatic carbocycles. The summed E-state index contributed by atoms with van der Waals surface area (Å²) < 4.78 is 5.25. The second kappa shape index (κ2) is 9.57. The van der Waals surface area contributed by atoms with Crippen molar-refractivity contribution in [3.63, 3.8) is 0 Å². The Balaban J connectivity index is 2.22. The number of hydrogen-bond donors (Lipinski definition) is 2. The maximum Gasteiger partial charge on any atom is 0.329 e. The average molecular weight is 302 g/mol. The summed E-state index contributed by atoms with van der Waals surface area (Å²) in [7, 11) is 1.79. The molecule has 0 atom stereocenters. The van der Waals surface area contributed by atoms with Crippen LogP contribution in [0, 0.1) is 0 Å². The standard InChI is InChI=1S/C14H26N2O5/c1-15(7-3-2-4-10-17)14(20)16-8-5-12(6-9-16)21-11-13(18)19/h12,17H,2-11H2,1H3,(H,18,19). The van der Waals surface area contributed by atoms with Gasteiger partial charge in [0.05, 0.1) is 6.10 Å². The van der Waals surface area contributed by atoms with E-state index in [1.165, 1.54) is 0 Å². The third kappa shape index (κ3) is 6.77. The van der Waals surface area contributed by atoms with E-state index in [0.29, 0.717) is 32.5 Å². The number of aliphatic carboxylic acids is 1. The first-order valence-corrected chi connectivity index (χ1v) is 7.49. The quantitative estimate of drug-likeness (QED) is 0.646. The van der Waals surface area contributed by atoms with Crippen molar-refractivity contribution in [2.24, 2.45) is 0 Å². The van der Waals surface area contributed by atoms with Crippen LogP contribution in [0.4, 0.5) is 4.79 Å². The van der Waals surface area contributed by atoms with Gasteiger partial charge < -0.3 is 24.7 Å². The monoisotopic (exact) mass is 302 g/mol. The summed E-state index contributed by atoms with van der Waals surface area (Å²) in [6, 6.07) is 0.00989.